The van der Waals surface area contributed by atoms with Crippen LogP contribution in [0.4, 0.5) is 0 Å². The number of hydrogen-bond donors (Lipinski definition) is 0. The minimum atomic E-state index is -0.174. The lowest BCUT2D eigenvalue weighted by atomic mass is 9.98. The van der Waals surface area contributed by atoms with Gasteiger partial charge in [-0.1, -0.05) is 47.0 Å². The van der Waals surface area contributed by atoms with Crippen LogP contribution < -0.4 is 0 Å². The molecule has 19 heavy (non-hydrogen) atoms. The third kappa shape index (κ3) is 3.66. The summed E-state index contributed by atoms with van der Waals surface area (Å²) in [5.41, 5.74) is 4.61. The van der Waals surface area contributed by atoms with Gasteiger partial charge in [0.25, 0.3) is 0 Å². The van der Waals surface area contributed by atoms with Gasteiger partial charge in [-0.3, -0.25) is 0 Å². The number of halogens is 3. The lowest BCUT2D eigenvalue weighted by Crippen LogP contribution is -1.99. The third-order valence-electron chi connectivity index (χ3n) is 3.20. The molecule has 0 aliphatic rings. The fourth-order valence-corrected chi connectivity index (χ4v) is 2.91. The van der Waals surface area contributed by atoms with E-state index in [0.29, 0.717) is 10.0 Å². The van der Waals surface area contributed by atoms with Crippen molar-refractivity contribution in [3.05, 3.63) is 68.7 Å². The summed E-state index contributed by atoms with van der Waals surface area (Å²) in [5, 5.41) is 1.15. The minimum absolute atomic E-state index is 0.174. The summed E-state index contributed by atoms with van der Waals surface area (Å²) in [4.78, 5) is 0. The molecule has 0 saturated carbocycles. The summed E-state index contributed by atoms with van der Waals surface area (Å²) in [6, 6.07) is 11.8. The van der Waals surface area contributed by atoms with Crippen molar-refractivity contribution in [2.75, 3.05) is 0 Å². The summed E-state index contributed by atoms with van der Waals surface area (Å²) >= 11 is 18.7. The zero-order chi connectivity index (χ0) is 14.0. The molecule has 0 radical (unpaired) electrons. The molecule has 0 aromatic heterocycles. The fraction of sp³-hybridized carbons (Fsp3) is 0.250. The maximum Gasteiger partial charge on any atom is 0.0640 e. The standard InChI is InChI=1S/C16H15Cl3/c1-10-3-4-11(2)12(7-10)8-16(19)14-9-13(17)5-6-15(14)18/h3-7,9,16H,8H2,1-2H3. The summed E-state index contributed by atoms with van der Waals surface area (Å²) in [5.74, 6) is 0. The number of aryl methyl sites for hydroxylation is 2. The zero-order valence-corrected chi connectivity index (χ0v) is 13.2. The summed E-state index contributed by atoms with van der Waals surface area (Å²) < 4.78 is 0. The third-order valence-corrected chi connectivity index (χ3v) is 4.17. The van der Waals surface area contributed by atoms with Crippen molar-refractivity contribution in [1.82, 2.24) is 0 Å². The van der Waals surface area contributed by atoms with Crippen molar-refractivity contribution < 1.29 is 0 Å². The molecular formula is C16H15Cl3. The smallest absolute Gasteiger partial charge is 0.0640 e. The highest BCUT2D eigenvalue weighted by Gasteiger charge is 2.14. The minimum Gasteiger partial charge on any atom is -0.117 e. The molecule has 0 spiro atoms. The van der Waals surface area contributed by atoms with Gasteiger partial charge in [0.15, 0.2) is 0 Å². The Labute approximate surface area is 129 Å². The summed E-state index contributed by atoms with van der Waals surface area (Å²) in [6.07, 6.45) is 0.745. The molecule has 0 nitrogen and oxygen atoms in total. The van der Waals surface area contributed by atoms with Gasteiger partial charge in [0.05, 0.1) is 5.38 Å². The van der Waals surface area contributed by atoms with Gasteiger partial charge in [-0.2, -0.15) is 0 Å². The van der Waals surface area contributed by atoms with Crippen molar-refractivity contribution in [3.63, 3.8) is 0 Å². The second-order valence-electron chi connectivity index (χ2n) is 4.77. The first-order valence-electron chi connectivity index (χ1n) is 6.12. The predicted molar refractivity (Wildman–Crippen MR) is 84.7 cm³/mol. The Bertz CT molecular complexity index is 591. The molecule has 1 unspecified atom stereocenters. The van der Waals surface area contributed by atoms with Crippen LogP contribution in [-0.2, 0) is 6.42 Å². The first kappa shape index (κ1) is 14.7. The van der Waals surface area contributed by atoms with Crippen LogP contribution in [0, 0.1) is 13.8 Å². The molecule has 0 bridgehead atoms. The van der Waals surface area contributed by atoms with E-state index >= 15 is 0 Å². The van der Waals surface area contributed by atoms with Gasteiger partial charge in [-0.05, 0) is 55.2 Å². The average molecular weight is 314 g/mol. The van der Waals surface area contributed by atoms with Crippen LogP contribution >= 0.6 is 34.8 Å². The molecule has 1 atom stereocenters. The number of hydrogen-bond acceptors (Lipinski definition) is 0. The zero-order valence-electron chi connectivity index (χ0n) is 10.9. The quantitative estimate of drug-likeness (QED) is 0.598. The van der Waals surface area contributed by atoms with E-state index in [0.717, 1.165) is 12.0 Å². The van der Waals surface area contributed by atoms with Crippen LogP contribution in [0.2, 0.25) is 10.0 Å². The van der Waals surface area contributed by atoms with Crippen LogP contribution in [-0.4, -0.2) is 0 Å². The van der Waals surface area contributed by atoms with Crippen LogP contribution in [0.5, 0.6) is 0 Å². The molecule has 3 heteroatoms. The number of benzene rings is 2. The Morgan fingerprint density at radius 2 is 1.74 bits per heavy atom. The molecule has 0 amide bonds. The molecule has 0 aliphatic carbocycles. The van der Waals surface area contributed by atoms with Gasteiger partial charge < -0.3 is 0 Å². The lowest BCUT2D eigenvalue weighted by molar-refractivity contribution is 0.909. The van der Waals surface area contributed by atoms with E-state index in [-0.39, 0.29) is 5.38 Å². The van der Waals surface area contributed by atoms with Crippen molar-refractivity contribution in [1.29, 1.82) is 0 Å². The maximum atomic E-state index is 6.50. The molecule has 0 aliphatic heterocycles. The Hall–Kier alpha value is -0.690. The Morgan fingerprint density at radius 1 is 1.00 bits per heavy atom. The van der Waals surface area contributed by atoms with Crippen LogP contribution in [0.3, 0.4) is 0 Å². The van der Waals surface area contributed by atoms with Crippen LogP contribution in [0.1, 0.15) is 27.6 Å². The van der Waals surface area contributed by atoms with Gasteiger partial charge in [0.1, 0.15) is 0 Å². The highest BCUT2D eigenvalue weighted by Crippen LogP contribution is 2.33. The van der Waals surface area contributed by atoms with Gasteiger partial charge in [0, 0.05) is 10.0 Å². The first-order valence-corrected chi connectivity index (χ1v) is 7.32. The normalized spacial score (nSPS) is 12.5. The number of alkyl halides is 1. The van der Waals surface area contributed by atoms with Crippen molar-refractivity contribution in [3.8, 4) is 0 Å². The first-order chi connectivity index (χ1) is 8.97. The summed E-state index contributed by atoms with van der Waals surface area (Å²) in [6.45, 7) is 4.18. The fourth-order valence-electron chi connectivity index (χ4n) is 2.08. The second kappa shape index (κ2) is 6.17. The van der Waals surface area contributed by atoms with Gasteiger partial charge >= 0.3 is 0 Å². The van der Waals surface area contributed by atoms with Gasteiger partial charge in [0.2, 0.25) is 0 Å². The molecule has 2 aromatic rings. The highest BCUT2D eigenvalue weighted by molar-refractivity contribution is 6.34. The van der Waals surface area contributed by atoms with E-state index in [4.69, 9.17) is 34.8 Å². The topological polar surface area (TPSA) is 0 Å². The molecular weight excluding hydrogens is 299 g/mol. The van der Waals surface area contributed by atoms with E-state index in [1.165, 1.54) is 16.7 Å². The molecule has 2 rings (SSSR count). The second-order valence-corrected chi connectivity index (χ2v) is 6.14. The van der Waals surface area contributed by atoms with E-state index in [1.807, 2.05) is 6.07 Å². The van der Waals surface area contributed by atoms with E-state index < -0.39 is 0 Å². The van der Waals surface area contributed by atoms with E-state index in [2.05, 4.69) is 32.0 Å². The molecule has 2 aromatic carbocycles. The van der Waals surface area contributed by atoms with Crippen LogP contribution in [0.25, 0.3) is 0 Å². The molecule has 0 N–H and O–H groups in total. The Morgan fingerprint density at radius 3 is 2.47 bits per heavy atom. The van der Waals surface area contributed by atoms with Crippen molar-refractivity contribution >= 4 is 34.8 Å². The van der Waals surface area contributed by atoms with E-state index in [1.54, 1.807) is 12.1 Å². The van der Waals surface area contributed by atoms with Gasteiger partial charge in [-0.15, -0.1) is 11.6 Å². The van der Waals surface area contributed by atoms with Crippen LogP contribution in [0.15, 0.2) is 36.4 Å². The largest absolute Gasteiger partial charge is 0.117 e. The predicted octanol–water partition coefficient (Wildman–Crippen LogP) is 6.13. The van der Waals surface area contributed by atoms with Crippen molar-refractivity contribution in [2.45, 2.75) is 25.6 Å². The monoisotopic (exact) mass is 312 g/mol. The maximum absolute atomic E-state index is 6.50. The van der Waals surface area contributed by atoms with Crippen molar-refractivity contribution in [2.24, 2.45) is 0 Å². The highest BCUT2D eigenvalue weighted by atomic mass is 35.5. The molecule has 100 valence electrons. The Kier molecular flexibility index (Phi) is 4.78. The SMILES string of the molecule is Cc1ccc(C)c(CC(Cl)c2cc(Cl)ccc2Cl)c1. The average Bonchev–Trinajstić information content (AvgIpc) is 2.36. The van der Waals surface area contributed by atoms with Gasteiger partial charge in [-0.25, -0.2) is 0 Å². The van der Waals surface area contributed by atoms with E-state index in [9.17, 15) is 0 Å². The number of rotatable bonds is 3. The molecule has 0 saturated heterocycles. The lowest BCUT2D eigenvalue weighted by Gasteiger charge is -2.14. The molecule has 0 fully saturated rings. The summed E-state index contributed by atoms with van der Waals surface area (Å²) in [7, 11) is 0. The molecule has 0 heterocycles. The Balaban J connectivity index is 2.27.